The number of rotatable bonds is 1. The molecule has 6 nitrogen and oxygen atoms in total. The van der Waals surface area contributed by atoms with Crippen LogP contribution in [0.3, 0.4) is 0 Å². The molecular weight excluding hydrogens is 282 g/mol. The van der Waals surface area contributed by atoms with Gasteiger partial charge in [-0.1, -0.05) is 6.07 Å². The number of nitrogen functional groups attached to an aromatic ring is 1. The molecule has 0 spiro atoms. The minimum Gasteiger partial charge on any atom is -0.398 e. The number of benzene rings is 1. The summed E-state index contributed by atoms with van der Waals surface area (Å²) in [4.78, 5) is 41.7. The molecule has 1 atom stereocenters. The van der Waals surface area contributed by atoms with Gasteiger partial charge in [-0.25, -0.2) is 4.98 Å². The van der Waals surface area contributed by atoms with E-state index in [2.05, 4.69) is 4.98 Å². The number of anilines is 1. The number of nitrogens with two attached hydrogens (primary N) is 1. The van der Waals surface area contributed by atoms with Gasteiger partial charge >= 0.3 is 0 Å². The Morgan fingerprint density at radius 2 is 2.14 bits per heavy atom. The molecule has 6 heteroatoms. The topological polar surface area (TPSA) is 95.1 Å². The van der Waals surface area contributed by atoms with Crippen molar-refractivity contribution in [2.45, 2.75) is 38.6 Å². The zero-order chi connectivity index (χ0) is 18.6. The minimum atomic E-state index is -2.81. The predicted molar refractivity (Wildman–Crippen MR) is 82.7 cm³/mol. The number of fused-ring (bicyclic) bond motifs is 1. The van der Waals surface area contributed by atoms with Gasteiger partial charge in [-0.05, 0) is 32.3 Å². The molecule has 1 aliphatic rings. The zero-order valence-electron chi connectivity index (χ0n) is 15.0. The van der Waals surface area contributed by atoms with Crippen molar-refractivity contribution in [1.82, 2.24) is 9.55 Å². The number of hydrogen-bond acceptors (Lipinski definition) is 5. The highest BCUT2D eigenvalue weighted by Gasteiger charge is 2.41. The fourth-order valence-electron chi connectivity index (χ4n) is 2.93. The molecule has 1 saturated carbocycles. The summed E-state index contributed by atoms with van der Waals surface area (Å²) in [7, 11) is 0. The molecule has 1 fully saturated rings. The summed E-state index contributed by atoms with van der Waals surface area (Å²) in [6.07, 6.45) is -0.854. The average Bonchev–Trinajstić information content (AvgIpc) is 2.47. The van der Waals surface area contributed by atoms with Crippen LogP contribution < -0.4 is 11.3 Å². The average molecular weight is 302 g/mol. The molecule has 2 aromatic rings. The Balaban J connectivity index is 2.43. The Bertz CT molecular complexity index is 965. The van der Waals surface area contributed by atoms with E-state index in [1.807, 2.05) is 0 Å². The standard InChI is InChI=1S/C16H17N3O3/c1-9-18-12-5-3-4-11(17)14(12)15(22)19(9)16(2)7-6-10(20)8-13(16)21/h3-5H,6-8,17H2,1-2H3/t16-/m1/s1/i2D3. The van der Waals surface area contributed by atoms with Crippen LogP contribution in [-0.2, 0) is 15.1 Å². The van der Waals surface area contributed by atoms with Gasteiger partial charge in [0, 0.05) is 16.2 Å². The Morgan fingerprint density at radius 1 is 1.36 bits per heavy atom. The first-order chi connectivity index (χ1) is 11.6. The molecule has 0 radical (unpaired) electrons. The lowest BCUT2D eigenvalue weighted by Gasteiger charge is -2.34. The van der Waals surface area contributed by atoms with Gasteiger partial charge in [0.25, 0.3) is 5.56 Å². The SMILES string of the molecule is [2H]C([2H])([2H])[C@@]1(n2c(C)nc3cccc(N)c3c2=O)CCC(=O)CC1=O. The van der Waals surface area contributed by atoms with Gasteiger partial charge in [0.1, 0.15) is 17.1 Å². The molecule has 1 aromatic heterocycles. The van der Waals surface area contributed by atoms with E-state index in [1.54, 1.807) is 12.1 Å². The van der Waals surface area contributed by atoms with Gasteiger partial charge in [-0.15, -0.1) is 0 Å². The van der Waals surface area contributed by atoms with E-state index in [-0.39, 0.29) is 35.5 Å². The molecule has 1 heterocycles. The van der Waals surface area contributed by atoms with Crippen molar-refractivity contribution < 1.29 is 13.7 Å². The van der Waals surface area contributed by atoms with Crippen LogP contribution >= 0.6 is 0 Å². The van der Waals surface area contributed by atoms with E-state index in [4.69, 9.17) is 9.85 Å². The zero-order valence-corrected chi connectivity index (χ0v) is 12.0. The first-order valence-electron chi connectivity index (χ1n) is 8.43. The fraction of sp³-hybridized carbons (Fsp3) is 0.375. The summed E-state index contributed by atoms with van der Waals surface area (Å²) in [5.41, 5.74) is 3.58. The highest BCUT2D eigenvalue weighted by atomic mass is 16.2. The molecule has 1 aliphatic carbocycles. The number of aromatic nitrogens is 2. The number of Topliss-reactive ketones (excluding diaryl/α,β-unsaturated/α-hetero) is 2. The lowest BCUT2D eigenvalue weighted by Crippen LogP contribution is -2.49. The molecular formula is C16H17N3O3. The second kappa shape index (κ2) is 4.76. The van der Waals surface area contributed by atoms with Crippen LogP contribution in [0.1, 0.15) is 36.1 Å². The molecule has 3 rings (SSSR count). The number of carbonyl (C=O) groups is 2. The van der Waals surface area contributed by atoms with E-state index in [0.29, 0.717) is 5.52 Å². The van der Waals surface area contributed by atoms with Crippen LogP contribution in [0.25, 0.3) is 10.9 Å². The van der Waals surface area contributed by atoms with Crippen LogP contribution in [0.4, 0.5) is 5.69 Å². The molecule has 0 bridgehead atoms. The third-order valence-electron chi connectivity index (χ3n) is 4.06. The van der Waals surface area contributed by atoms with Crippen molar-refractivity contribution >= 4 is 28.2 Å². The Kier molecular flexibility index (Phi) is 2.41. The molecule has 0 amide bonds. The molecule has 0 aliphatic heterocycles. The predicted octanol–water partition coefficient (Wildman–Crippen LogP) is 1.32. The summed E-state index contributed by atoms with van der Waals surface area (Å²) in [6, 6.07) is 4.75. The first-order valence-corrected chi connectivity index (χ1v) is 6.93. The summed E-state index contributed by atoms with van der Waals surface area (Å²) < 4.78 is 24.8. The van der Waals surface area contributed by atoms with Crippen molar-refractivity contribution in [2.24, 2.45) is 0 Å². The van der Waals surface area contributed by atoms with Gasteiger partial charge in [0.2, 0.25) is 0 Å². The van der Waals surface area contributed by atoms with Crippen molar-refractivity contribution in [2.75, 3.05) is 5.73 Å². The monoisotopic (exact) mass is 302 g/mol. The van der Waals surface area contributed by atoms with Crippen molar-refractivity contribution in [3.63, 3.8) is 0 Å². The third-order valence-corrected chi connectivity index (χ3v) is 4.06. The van der Waals surface area contributed by atoms with E-state index < -0.39 is 30.2 Å². The van der Waals surface area contributed by atoms with Crippen molar-refractivity contribution in [3.05, 3.63) is 34.4 Å². The van der Waals surface area contributed by atoms with Gasteiger partial charge in [-0.3, -0.25) is 19.0 Å². The normalized spacial score (nSPS) is 24.9. The second-order valence-electron chi connectivity index (χ2n) is 5.54. The fourth-order valence-corrected chi connectivity index (χ4v) is 2.93. The molecule has 0 unspecified atom stereocenters. The number of carbonyl (C=O) groups excluding carboxylic acids is 2. The molecule has 114 valence electrons. The van der Waals surface area contributed by atoms with Crippen molar-refractivity contribution in [3.8, 4) is 0 Å². The summed E-state index contributed by atoms with van der Waals surface area (Å²) in [5, 5.41) is 0.0708. The second-order valence-corrected chi connectivity index (χ2v) is 5.54. The van der Waals surface area contributed by atoms with Crippen molar-refractivity contribution in [1.29, 1.82) is 0 Å². The Labute approximate surface area is 131 Å². The number of ketones is 2. The minimum absolute atomic E-state index is 0.0708. The first kappa shape index (κ1) is 11.1. The van der Waals surface area contributed by atoms with E-state index in [1.165, 1.54) is 13.0 Å². The molecule has 22 heavy (non-hydrogen) atoms. The van der Waals surface area contributed by atoms with E-state index in [0.717, 1.165) is 4.57 Å². The number of nitrogens with zero attached hydrogens (tertiary/aromatic N) is 2. The van der Waals surface area contributed by atoms with Gasteiger partial charge < -0.3 is 5.73 Å². The number of aryl methyl sites for hydroxylation is 1. The van der Waals surface area contributed by atoms with Gasteiger partial charge in [-0.2, -0.15) is 0 Å². The van der Waals surface area contributed by atoms with Crippen LogP contribution in [0, 0.1) is 6.92 Å². The lowest BCUT2D eigenvalue weighted by atomic mass is 9.81. The van der Waals surface area contributed by atoms with Gasteiger partial charge in [0.15, 0.2) is 5.78 Å². The van der Waals surface area contributed by atoms with E-state index >= 15 is 0 Å². The largest absolute Gasteiger partial charge is 0.398 e. The van der Waals surface area contributed by atoms with Gasteiger partial charge in [0.05, 0.1) is 17.3 Å². The quantitative estimate of drug-likeness (QED) is 0.633. The smallest absolute Gasteiger partial charge is 0.264 e. The summed E-state index contributed by atoms with van der Waals surface area (Å²) in [6.45, 7) is -1.33. The highest BCUT2D eigenvalue weighted by Crippen LogP contribution is 2.30. The molecule has 1 aromatic carbocycles. The van der Waals surface area contributed by atoms with Crippen LogP contribution in [0.5, 0.6) is 0 Å². The summed E-state index contributed by atoms with van der Waals surface area (Å²) >= 11 is 0. The third kappa shape index (κ3) is 1.94. The van der Waals surface area contributed by atoms with Crippen LogP contribution in [0.2, 0.25) is 0 Å². The molecule has 0 saturated heterocycles. The maximum absolute atomic E-state index is 13.1. The Morgan fingerprint density at radius 3 is 2.82 bits per heavy atom. The lowest BCUT2D eigenvalue weighted by molar-refractivity contribution is -0.136. The highest BCUT2D eigenvalue weighted by molar-refractivity contribution is 6.05. The Hall–Kier alpha value is -2.50. The number of hydrogen-bond donors (Lipinski definition) is 1. The van der Waals surface area contributed by atoms with Crippen LogP contribution in [-0.4, -0.2) is 21.1 Å². The maximum Gasteiger partial charge on any atom is 0.264 e. The van der Waals surface area contributed by atoms with Crippen LogP contribution in [0.15, 0.2) is 23.0 Å². The summed E-state index contributed by atoms with van der Waals surface area (Å²) in [5.74, 6) is -1.02. The molecule has 2 N–H and O–H groups in total. The van der Waals surface area contributed by atoms with E-state index in [9.17, 15) is 14.4 Å². The maximum atomic E-state index is 13.1.